The summed E-state index contributed by atoms with van der Waals surface area (Å²) in [4.78, 5) is 4.37. The van der Waals surface area contributed by atoms with E-state index < -0.39 is 0 Å². The number of ether oxygens (including phenoxy) is 1. The number of nitrogens with one attached hydrogen (secondary N) is 1. The predicted molar refractivity (Wildman–Crippen MR) is 78.4 cm³/mol. The Hall–Kier alpha value is -2.56. The molecule has 7 heteroatoms. The molecule has 0 spiro atoms. The highest BCUT2D eigenvalue weighted by Gasteiger charge is 2.02. The van der Waals surface area contributed by atoms with Crippen molar-refractivity contribution in [2.45, 2.75) is 6.61 Å². The van der Waals surface area contributed by atoms with Crippen molar-refractivity contribution in [3.8, 4) is 23.2 Å². The molecule has 2 aromatic heterocycles. The van der Waals surface area contributed by atoms with Gasteiger partial charge in [-0.1, -0.05) is 18.1 Å². The first-order valence-corrected chi connectivity index (χ1v) is 7.02. The van der Waals surface area contributed by atoms with E-state index in [0.717, 1.165) is 21.8 Å². The van der Waals surface area contributed by atoms with Crippen LogP contribution in [0.5, 0.6) is 0 Å². The molecule has 1 aromatic carbocycles. The zero-order valence-corrected chi connectivity index (χ0v) is 12.0. The highest BCUT2D eigenvalue weighted by atomic mass is 32.1. The van der Waals surface area contributed by atoms with Crippen LogP contribution in [0.15, 0.2) is 29.6 Å². The second-order valence-corrected chi connectivity index (χ2v) is 5.00. The van der Waals surface area contributed by atoms with Crippen molar-refractivity contribution >= 4 is 11.3 Å². The Morgan fingerprint density at radius 1 is 1.33 bits per heavy atom. The van der Waals surface area contributed by atoms with Crippen LogP contribution in [0.25, 0.3) is 11.4 Å². The lowest BCUT2D eigenvalue weighted by Gasteiger charge is -1.94. The van der Waals surface area contributed by atoms with Crippen molar-refractivity contribution in [2.75, 3.05) is 7.11 Å². The number of methoxy groups -OCH3 is 1. The molecule has 0 atom stereocenters. The first kappa shape index (κ1) is 13.4. The molecule has 3 rings (SSSR count). The van der Waals surface area contributed by atoms with E-state index in [-0.39, 0.29) is 0 Å². The summed E-state index contributed by atoms with van der Waals surface area (Å²) in [5, 5.41) is 16.6. The molecule has 0 unspecified atom stereocenters. The standard InChI is InChI=1S/C14H11N5OS/c1-20-8-12-9-21-13(15-12)6-5-10-3-2-4-11(7-10)14-16-18-19-17-14/h2-4,7,9H,8H2,1H3,(H,16,17,18,19). The molecule has 0 aliphatic heterocycles. The minimum absolute atomic E-state index is 0.505. The van der Waals surface area contributed by atoms with Gasteiger partial charge in [0, 0.05) is 23.6 Å². The van der Waals surface area contributed by atoms with Gasteiger partial charge in [-0.3, -0.25) is 0 Å². The fourth-order valence-electron chi connectivity index (χ4n) is 1.72. The lowest BCUT2D eigenvalue weighted by Crippen LogP contribution is -1.86. The maximum atomic E-state index is 5.03. The first-order chi connectivity index (χ1) is 10.3. The van der Waals surface area contributed by atoms with Crippen LogP contribution in [-0.2, 0) is 11.3 Å². The molecule has 0 amide bonds. The summed E-state index contributed by atoms with van der Waals surface area (Å²) in [6.07, 6.45) is 0. The molecule has 0 saturated carbocycles. The normalized spacial score (nSPS) is 10.1. The van der Waals surface area contributed by atoms with Crippen LogP contribution in [0.3, 0.4) is 0 Å². The predicted octanol–water partition coefficient (Wildman–Crippen LogP) is 1.87. The SMILES string of the molecule is COCc1csc(C#Cc2cccc(-c3nn[nH]n3)c2)n1. The van der Waals surface area contributed by atoms with Gasteiger partial charge in [0.1, 0.15) is 0 Å². The third-order valence-electron chi connectivity index (χ3n) is 2.62. The minimum atomic E-state index is 0.505. The van der Waals surface area contributed by atoms with Gasteiger partial charge >= 0.3 is 0 Å². The average molecular weight is 297 g/mol. The van der Waals surface area contributed by atoms with Crippen molar-refractivity contribution in [3.05, 3.63) is 45.9 Å². The molecule has 104 valence electrons. The van der Waals surface area contributed by atoms with Gasteiger partial charge < -0.3 is 4.74 Å². The Bertz CT molecular complexity index is 785. The van der Waals surface area contributed by atoms with E-state index in [1.165, 1.54) is 11.3 Å². The van der Waals surface area contributed by atoms with Crippen LogP contribution < -0.4 is 0 Å². The molecule has 21 heavy (non-hydrogen) atoms. The van der Waals surface area contributed by atoms with Gasteiger partial charge in [-0.25, -0.2) is 4.98 Å². The largest absolute Gasteiger partial charge is 0.378 e. The molecule has 3 aromatic rings. The van der Waals surface area contributed by atoms with Crippen molar-refractivity contribution in [1.29, 1.82) is 0 Å². The van der Waals surface area contributed by atoms with Crippen LogP contribution in [-0.4, -0.2) is 32.7 Å². The molecule has 0 radical (unpaired) electrons. The number of hydrogen-bond donors (Lipinski definition) is 1. The maximum Gasteiger partial charge on any atom is 0.204 e. The second-order valence-electron chi connectivity index (χ2n) is 4.14. The van der Waals surface area contributed by atoms with Crippen LogP contribution >= 0.6 is 11.3 Å². The molecule has 6 nitrogen and oxygen atoms in total. The zero-order valence-electron chi connectivity index (χ0n) is 11.2. The summed E-state index contributed by atoms with van der Waals surface area (Å²) in [5.41, 5.74) is 2.64. The van der Waals surface area contributed by atoms with E-state index in [0.29, 0.717) is 12.4 Å². The second kappa shape index (κ2) is 6.26. The third-order valence-corrected chi connectivity index (χ3v) is 3.43. The number of nitrogens with zero attached hydrogens (tertiary/aromatic N) is 4. The maximum absolute atomic E-state index is 5.03. The quantitative estimate of drug-likeness (QED) is 0.747. The Kier molecular flexibility index (Phi) is 4.00. The molecule has 0 bridgehead atoms. The summed E-state index contributed by atoms with van der Waals surface area (Å²) < 4.78 is 5.03. The fourth-order valence-corrected chi connectivity index (χ4v) is 2.37. The Morgan fingerprint density at radius 3 is 3.10 bits per heavy atom. The first-order valence-electron chi connectivity index (χ1n) is 6.14. The van der Waals surface area contributed by atoms with Crippen molar-refractivity contribution < 1.29 is 4.74 Å². The molecule has 2 heterocycles. The van der Waals surface area contributed by atoms with Crippen LogP contribution in [0.2, 0.25) is 0 Å². The monoisotopic (exact) mass is 297 g/mol. The molecule has 0 fully saturated rings. The average Bonchev–Trinajstić information content (AvgIpc) is 3.18. The third kappa shape index (κ3) is 3.31. The summed E-state index contributed by atoms with van der Waals surface area (Å²) >= 11 is 1.51. The fraction of sp³-hybridized carbons (Fsp3) is 0.143. The van der Waals surface area contributed by atoms with Gasteiger partial charge in [-0.05, 0) is 23.3 Å². The van der Waals surface area contributed by atoms with E-state index in [9.17, 15) is 0 Å². The number of hydrogen-bond acceptors (Lipinski definition) is 6. The van der Waals surface area contributed by atoms with Gasteiger partial charge in [0.2, 0.25) is 5.82 Å². The molecule has 0 saturated heterocycles. The molecule has 1 N–H and O–H groups in total. The Balaban J connectivity index is 1.82. The van der Waals surface area contributed by atoms with E-state index in [1.807, 2.05) is 29.6 Å². The lowest BCUT2D eigenvalue weighted by atomic mass is 10.1. The summed E-state index contributed by atoms with van der Waals surface area (Å²) in [5.74, 6) is 6.69. The number of tetrazole rings is 1. The number of thiazole rings is 1. The minimum Gasteiger partial charge on any atom is -0.378 e. The topological polar surface area (TPSA) is 76.6 Å². The van der Waals surface area contributed by atoms with Gasteiger partial charge in [0.15, 0.2) is 5.01 Å². The number of aromatic amines is 1. The smallest absolute Gasteiger partial charge is 0.204 e. The number of rotatable bonds is 3. The lowest BCUT2D eigenvalue weighted by molar-refractivity contribution is 0.182. The van der Waals surface area contributed by atoms with E-state index in [2.05, 4.69) is 37.4 Å². The summed E-state index contributed by atoms with van der Waals surface area (Å²) in [6, 6.07) is 7.67. The van der Waals surface area contributed by atoms with Gasteiger partial charge in [-0.2, -0.15) is 5.21 Å². The van der Waals surface area contributed by atoms with Gasteiger partial charge in [0.05, 0.1) is 12.3 Å². The van der Waals surface area contributed by atoms with Crippen LogP contribution in [0.1, 0.15) is 16.3 Å². The highest BCUT2D eigenvalue weighted by molar-refractivity contribution is 7.10. The van der Waals surface area contributed by atoms with Crippen LogP contribution in [0.4, 0.5) is 0 Å². The van der Waals surface area contributed by atoms with E-state index in [1.54, 1.807) is 7.11 Å². The van der Waals surface area contributed by atoms with Crippen molar-refractivity contribution in [1.82, 2.24) is 25.6 Å². The number of aromatic nitrogens is 5. The molecular weight excluding hydrogens is 286 g/mol. The zero-order chi connectivity index (χ0) is 14.5. The summed E-state index contributed by atoms with van der Waals surface area (Å²) in [6.45, 7) is 0.505. The number of benzene rings is 1. The van der Waals surface area contributed by atoms with Crippen molar-refractivity contribution in [2.24, 2.45) is 0 Å². The highest BCUT2D eigenvalue weighted by Crippen LogP contribution is 2.15. The van der Waals surface area contributed by atoms with Gasteiger partial charge in [-0.15, -0.1) is 21.5 Å². The molecule has 0 aliphatic rings. The summed E-state index contributed by atoms with van der Waals surface area (Å²) in [7, 11) is 1.65. The van der Waals surface area contributed by atoms with E-state index in [4.69, 9.17) is 4.74 Å². The number of H-pyrrole nitrogens is 1. The Labute approximate surface area is 125 Å². The molecular formula is C14H11N5OS. The Morgan fingerprint density at radius 2 is 2.29 bits per heavy atom. The van der Waals surface area contributed by atoms with Crippen molar-refractivity contribution in [3.63, 3.8) is 0 Å². The molecule has 0 aliphatic carbocycles. The van der Waals surface area contributed by atoms with Gasteiger partial charge in [0.25, 0.3) is 0 Å². The van der Waals surface area contributed by atoms with Crippen LogP contribution in [0, 0.1) is 11.8 Å². The van der Waals surface area contributed by atoms with E-state index >= 15 is 0 Å².